The minimum absolute atomic E-state index is 0.0670. The van der Waals surface area contributed by atoms with E-state index >= 15 is 0 Å². The van der Waals surface area contributed by atoms with Crippen LogP contribution in [0.15, 0.2) is 48.5 Å². The lowest BCUT2D eigenvalue weighted by molar-refractivity contribution is -0.137. The van der Waals surface area contributed by atoms with Crippen LogP contribution in [0, 0.1) is 0 Å². The topological polar surface area (TPSA) is 78.3 Å². The minimum Gasteiger partial charge on any atom is -0.466 e. The molecular weight excluding hydrogens is 389 g/mol. The number of nitrogens with one attached hydrogen (secondary N) is 1. The highest BCUT2D eigenvalue weighted by Crippen LogP contribution is 2.31. The molecule has 3 aromatic rings. The maximum Gasteiger partial charge on any atom is 0.416 e. The Labute approximate surface area is 164 Å². The summed E-state index contributed by atoms with van der Waals surface area (Å²) in [5.74, 6) is 0.0138. The lowest BCUT2D eigenvalue weighted by Crippen LogP contribution is -2.17. The first-order chi connectivity index (χ1) is 13.8. The van der Waals surface area contributed by atoms with Crippen molar-refractivity contribution < 1.29 is 27.4 Å². The first kappa shape index (κ1) is 20.3. The van der Waals surface area contributed by atoms with Crippen molar-refractivity contribution in [2.75, 3.05) is 26.1 Å². The highest BCUT2D eigenvalue weighted by Gasteiger charge is 2.30. The number of alkyl halides is 3. The van der Waals surface area contributed by atoms with Gasteiger partial charge in [0.1, 0.15) is 6.61 Å². The van der Waals surface area contributed by atoms with Gasteiger partial charge in [0.2, 0.25) is 5.91 Å². The van der Waals surface area contributed by atoms with Crippen LogP contribution in [0.3, 0.4) is 0 Å². The molecule has 0 aliphatic heterocycles. The van der Waals surface area contributed by atoms with E-state index in [1.54, 1.807) is 24.3 Å². The third kappa shape index (κ3) is 4.72. The molecule has 0 fully saturated rings. The number of anilines is 1. The normalized spacial score (nSPS) is 11.3. The highest BCUT2D eigenvalue weighted by molar-refractivity contribution is 5.91. The molecule has 0 spiro atoms. The van der Waals surface area contributed by atoms with Gasteiger partial charge in [0.15, 0.2) is 5.82 Å². The van der Waals surface area contributed by atoms with Gasteiger partial charge in [-0.05, 0) is 36.4 Å². The highest BCUT2D eigenvalue weighted by atomic mass is 19.4. The van der Waals surface area contributed by atoms with Gasteiger partial charge in [-0.15, -0.1) is 5.10 Å². The molecule has 3 rings (SSSR count). The summed E-state index contributed by atoms with van der Waals surface area (Å²) < 4.78 is 49.7. The Kier molecular flexibility index (Phi) is 5.83. The smallest absolute Gasteiger partial charge is 0.416 e. The van der Waals surface area contributed by atoms with Gasteiger partial charge in [-0.1, -0.05) is 12.1 Å². The lowest BCUT2D eigenvalue weighted by atomic mass is 10.1. The molecule has 7 nitrogen and oxygen atoms in total. The Bertz CT molecular complexity index is 983. The van der Waals surface area contributed by atoms with Crippen molar-refractivity contribution in [2.45, 2.75) is 6.18 Å². The number of ether oxygens (including phenoxy) is 2. The first-order valence-electron chi connectivity index (χ1n) is 8.39. The van der Waals surface area contributed by atoms with Gasteiger partial charge >= 0.3 is 12.2 Å². The van der Waals surface area contributed by atoms with E-state index in [2.05, 4.69) is 15.4 Å². The van der Waals surface area contributed by atoms with Gasteiger partial charge in [-0.25, -0.2) is 4.68 Å². The summed E-state index contributed by atoms with van der Waals surface area (Å²) >= 11 is 0. The van der Waals surface area contributed by atoms with Crippen LogP contribution in [0.1, 0.15) is 5.56 Å². The van der Waals surface area contributed by atoms with E-state index < -0.39 is 11.7 Å². The van der Waals surface area contributed by atoms with E-state index in [0.717, 1.165) is 12.1 Å². The fraction of sp³-hybridized carbons (Fsp3) is 0.211. The van der Waals surface area contributed by atoms with Gasteiger partial charge in [-0.2, -0.15) is 18.2 Å². The van der Waals surface area contributed by atoms with Crippen molar-refractivity contribution in [1.29, 1.82) is 0 Å². The zero-order valence-electron chi connectivity index (χ0n) is 15.5. The molecule has 0 unspecified atom stereocenters. The number of methoxy groups -OCH3 is 2. The van der Waals surface area contributed by atoms with Crippen LogP contribution in [0.5, 0.6) is 6.01 Å². The molecule has 1 amide bonds. The molecule has 1 N–H and O–H groups in total. The third-order valence-electron chi connectivity index (χ3n) is 3.91. The number of aromatic nitrogens is 3. The van der Waals surface area contributed by atoms with Crippen molar-refractivity contribution in [3.8, 4) is 23.1 Å². The quantitative estimate of drug-likeness (QED) is 0.678. The Hall–Kier alpha value is -3.40. The molecule has 29 heavy (non-hydrogen) atoms. The molecule has 1 heterocycles. The van der Waals surface area contributed by atoms with E-state index in [-0.39, 0.29) is 18.5 Å². The van der Waals surface area contributed by atoms with Crippen LogP contribution in [0.4, 0.5) is 18.9 Å². The summed E-state index contributed by atoms with van der Waals surface area (Å²) in [7, 11) is 2.81. The second-order valence-corrected chi connectivity index (χ2v) is 5.94. The molecule has 10 heteroatoms. The minimum atomic E-state index is -4.42. The predicted molar refractivity (Wildman–Crippen MR) is 98.9 cm³/mol. The Morgan fingerprint density at radius 3 is 2.28 bits per heavy atom. The van der Waals surface area contributed by atoms with E-state index in [0.29, 0.717) is 22.8 Å². The molecule has 0 bridgehead atoms. The number of hydrogen-bond acceptors (Lipinski definition) is 5. The molecular formula is C19H17F3N4O3. The number of hydrogen-bond donors (Lipinski definition) is 1. The van der Waals surface area contributed by atoms with Crippen LogP contribution < -0.4 is 10.1 Å². The summed E-state index contributed by atoms with van der Waals surface area (Å²) in [5, 5.41) is 6.88. The Balaban J connectivity index is 1.92. The van der Waals surface area contributed by atoms with Crippen LogP contribution in [0.2, 0.25) is 0 Å². The predicted octanol–water partition coefficient (Wildman–Crippen LogP) is 3.55. The number of rotatable bonds is 6. The molecule has 1 aromatic heterocycles. The fourth-order valence-corrected chi connectivity index (χ4v) is 2.57. The number of carbonyl (C=O) groups excluding carboxylic acids is 1. The van der Waals surface area contributed by atoms with Gasteiger partial charge in [0.05, 0.1) is 18.4 Å². The van der Waals surface area contributed by atoms with Crippen molar-refractivity contribution in [3.05, 3.63) is 54.1 Å². The van der Waals surface area contributed by atoms with Gasteiger partial charge in [0, 0.05) is 18.4 Å². The standard InChI is InChI=1S/C19H17F3N4O3/c1-28-11-16(27)23-14-7-9-15(10-8-14)26-17(24-18(25-26)29-2)12-3-5-13(6-4-12)19(20,21)22/h3-10H,11H2,1-2H3,(H,23,27). The van der Waals surface area contributed by atoms with Crippen LogP contribution >= 0.6 is 0 Å². The Morgan fingerprint density at radius 1 is 1.07 bits per heavy atom. The summed E-state index contributed by atoms with van der Waals surface area (Å²) in [6, 6.07) is 11.4. The molecule has 0 saturated carbocycles. The lowest BCUT2D eigenvalue weighted by Gasteiger charge is -2.09. The van der Waals surface area contributed by atoms with E-state index in [9.17, 15) is 18.0 Å². The molecule has 0 radical (unpaired) electrons. The molecule has 2 aromatic carbocycles. The summed E-state index contributed by atoms with van der Waals surface area (Å²) in [6.45, 7) is -0.0693. The Morgan fingerprint density at radius 2 is 1.72 bits per heavy atom. The molecule has 0 aliphatic rings. The maximum absolute atomic E-state index is 12.8. The van der Waals surface area contributed by atoms with Crippen molar-refractivity contribution in [3.63, 3.8) is 0 Å². The van der Waals surface area contributed by atoms with Gasteiger partial charge in [0.25, 0.3) is 0 Å². The largest absolute Gasteiger partial charge is 0.466 e. The zero-order chi connectivity index (χ0) is 21.0. The second kappa shape index (κ2) is 8.31. The van der Waals surface area contributed by atoms with Crippen LogP contribution in [-0.4, -0.2) is 41.5 Å². The van der Waals surface area contributed by atoms with Gasteiger partial charge in [-0.3, -0.25) is 4.79 Å². The van der Waals surface area contributed by atoms with Gasteiger partial charge < -0.3 is 14.8 Å². The van der Waals surface area contributed by atoms with Crippen LogP contribution in [0.25, 0.3) is 17.1 Å². The molecule has 0 saturated heterocycles. The summed E-state index contributed by atoms with van der Waals surface area (Å²) in [4.78, 5) is 15.8. The van der Waals surface area contributed by atoms with E-state index in [4.69, 9.17) is 9.47 Å². The molecule has 0 atom stereocenters. The molecule has 152 valence electrons. The number of nitrogens with zero attached hydrogens (tertiary/aromatic N) is 3. The van der Waals surface area contributed by atoms with E-state index in [1.807, 2.05) is 0 Å². The van der Waals surface area contributed by atoms with E-state index in [1.165, 1.54) is 31.0 Å². The third-order valence-corrected chi connectivity index (χ3v) is 3.91. The number of amides is 1. The summed E-state index contributed by atoms with van der Waals surface area (Å²) in [6.07, 6.45) is -4.42. The second-order valence-electron chi connectivity index (χ2n) is 5.94. The first-order valence-corrected chi connectivity index (χ1v) is 8.39. The van der Waals surface area contributed by atoms with Crippen LogP contribution in [-0.2, 0) is 15.7 Å². The number of halogens is 3. The SMILES string of the molecule is COCC(=O)Nc1ccc(-n2nc(OC)nc2-c2ccc(C(F)(F)F)cc2)cc1. The fourth-order valence-electron chi connectivity index (χ4n) is 2.57. The average Bonchev–Trinajstić information content (AvgIpc) is 3.13. The summed E-state index contributed by atoms with van der Waals surface area (Å²) in [5.41, 5.74) is 0.820. The zero-order valence-corrected chi connectivity index (χ0v) is 15.5. The average molecular weight is 406 g/mol. The maximum atomic E-state index is 12.8. The molecule has 0 aliphatic carbocycles. The van der Waals surface area contributed by atoms with Crippen molar-refractivity contribution >= 4 is 11.6 Å². The number of carbonyl (C=O) groups is 1. The number of benzene rings is 2. The van der Waals surface area contributed by atoms with Crippen molar-refractivity contribution in [1.82, 2.24) is 14.8 Å². The monoisotopic (exact) mass is 406 g/mol. The van der Waals surface area contributed by atoms with Crippen molar-refractivity contribution in [2.24, 2.45) is 0 Å².